The van der Waals surface area contributed by atoms with Crippen LogP contribution in [0.25, 0.3) is 0 Å². The molecule has 3 fully saturated rings. The molecule has 12 nitrogen and oxygen atoms in total. The quantitative estimate of drug-likeness (QED) is 0.158. The number of carbonyl (C=O) groups excluding carboxylic acids is 2. The normalized spacial score (nSPS) is 22.2. The number of nitrogens with zero attached hydrogens (tertiary/aromatic N) is 2. The van der Waals surface area contributed by atoms with Gasteiger partial charge in [-0.25, -0.2) is 13.6 Å². The third-order valence-corrected chi connectivity index (χ3v) is 9.86. The van der Waals surface area contributed by atoms with Crippen LogP contribution in [0.1, 0.15) is 51.5 Å². The van der Waals surface area contributed by atoms with Gasteiger partial charge in [0.2, 0.25) is 5.91 Å². The average Bonchev–Trinajstić information content (AvgIpc) is 2.99. The Morgan fingerprint density at radius 2 is 1.65 bits per heavy atom. The number of rotatable bonds is 15. The van der Waals surface area contributed by atoms with Gasteiger partial charge in [-0.3, -0.25) is 4.79 Å². The standard InChI is InChI=1S/C32H50F2N4O8/c1-19(2)46-31(44)37-8-6-32(7-9-37)5-3-21(32)4-10-45-22-11-24(33)23(25(34)12-22)13-28(41)38-17-20(18-38)15-36-16-27(40)30(43)29(42)26(39)14-35/h11-12,19-21,26-27,29-30,36,39-40,42-43H,3-10,13-18,35H2,1-2H3/t21?,26?,27-,29+,30+/m0/s1. The first-order chi connectivity index (χ1) is 21.8. The van der Waals surface area contributed by atoms with Crippen LogP contribution in [-0.2, 0) is 16.0 Å². The predicted octanol–water partition coefficient (Wildman–Crippen LogP) is 0.764. The fourth-order valence-electron chi connectivity index (χ4n) is 6.74. The highest BCUT2D eigenvalue weighted by Gasteiger charge is 2.48. The first-order valence-corrected chi connectivity index (χ1v) is 16.3. The molecule has 2 amide bonds. The summed E-state index contributed by atoms with van der Waals surface area (Å²) >= 11 is 0. The second kappa shape index (κ2) is 16.0. The lowest BCUT2D eigenvalue weighted by molar-refractivity contribution is -0.136. The zero-order valence-corrected chi connectivity index (χ0v) is 26.7. The van der Waals surface area contributed by atoms with Crippen LogP contribution in [0.3, 0.4) is 0 Å². The molecule has 2 unspecified atom stereocenters. The van der Waals surface area contributed by atoms with Crippen molar-refractivity contribution in [3.8, 4) is 5.75 Å². The van der Waals surface area contributed by atoms with Crippen LogP contribution >= 0.6 is 0 Å². The van der Waals surface area contributed by atoms with Crippen molar-refractivity contribution in [2.75, 3.05) is 52.4 Å². The lowest BCUT2D eigenvalue weighted by Gasteiger charge is -2.54. The van der Waals surface area contributed by atoms with E-state index < -0.39 is 48.4 Å². The van der Waals surface area contributed by atoms with E-state index in [1.165, 1.54) is 4.90 Å². The summed E-state index contributed by atoms with van der Waals surface area (Å²) in [7, 11) is 0. The van der Waals surface area contributed by atoms with E-state index in [2.05, 4.69) is 5.32 Å². The van der Waals surface area contributed by atoms with Crippen LogP contribution in [0.4, 0.5) is 13.6 Å². The van der Waals surface area contributed by atoms with Crippen molar-refractivity contribution < 1.29 is 48.3 Å². The van der Waals surface area contributed by atoms with Gasteiger partial charge in [0.15, 0.2) is 0 Å². The Hall–Kier alpha value is -2.62. The number of hydrogen-bond donors (Lipinski definition) is 6. The van der Waals surface area contributed by atoms with Gasteiger partial charge in [-0.15, -0.1) is 0 Å². The van der Waals surface area contributed by atoms with Gasteiger partial charge in [-0.05, 0) is 57.3 Å². The van der Waals surface area contributed by atoms with Crippen LogP contribution in [0.2, 0.25) is 0 Å². The van der Waals surface area contributed by atoms with Crippen molar-refractivity contribution >= 4 is 12.0 Å². The minimum absolute atomic E-state index is 0.0436. The lowest BCUT2D eigenvalue weighted by atomic mass is 9.55. The van der Waals surface area contributed by atoms with Crippen molar-refractivity contribution in [3.05, 3.63) is 29.3 Å². The molecule has 0 radical (unpaired) electrons. The second-order valence-corrected chi connectivity index (χ2v) is 13.4. The fourth-order valence-corrected chi connectivity index (χ4v) is 6.74. The number of amides is 2. The number of carbonyl (C=O) groups is 2. The zero-order chi connectivity index (χ0) is 33.6. The molecule has 5 atom stereocenters. The van der Waals surface area contributed by atoms with Gasteiger partial charge in [-0.2, -0.15) is 0 Å². The van der Waals surface area contributed by atoms with Crippen molar-refractivity contribution in [1.82, 2.24) is 15.1 Å². The number of aliphatic hydroxyl groups excluding tert-OH is 4. The molecule has 14 heteroatoms. The maximum Gasteiger partial charge on any atom is 0.410 e. The van der Waals surface area contributed by atoms with E-state index in [0.717, 1.165) is 44.2 Å². The van der Waals surface area contributed by atoms with Crippen LogP contribution < -0.4 is 15.8 Å². The van der Waals surface area contributed by atoms with Gasteiger partial charge >= 0.3 is 6.09 Å². The monoisotopic (exact) mass is 656 g/mol. The SMILES string of the molecule is CC(C)OC(=O)N1CCC2(CCC2CCOc2cc(F)c(CC(=O)N3CC(CNC[C@H](O)[C@@H](O)[C@H](O)C(O)CN)C3)c(F)c2)CC1. The number of aliphatic hydroxyl groups is 4. The predicted molar refractivity (Wildman–Crippen MR) is 164 cm³/mol. The molecule has 1 saturated carbocycles. The Morgan fingerprint density at radius 3 is 2.22 bits per heavy atom. The highest BCUT2D eigenvalue weighted by atomic mass is 19.1. The maximum atomic E-state index is 14.9. The minimum Gasteiger partial charge on any atom is -0.493 e. The summed E-state index contributed by atoms with van der Waals surface area (Å²) in [5, 5.41) is 42.1. The molecule has 4 rings (SSSR count). The molecule has 2 heterocycles. The van der Waals surface area contributed by atoms with Crippen molar-refractivity contribution in [1.29, 1.82) is 0 Å². The van der Waals surface area contributed by atoms with Crippen molar-refractivity contribution in [2.45, 2.75) is 82.9 Å². The Morgan fingerprint density at radius 1 is 1.02 bits per heavy atom. The summed E-state index contributed by atoms with van der Waals surface area (Å²) in [5.74, 6) is -1.52. The van der Waals surface area contributed by atoms with Gasteiger partial charge in [0.1, 0.15) is 29.6 Å². The summed E-state index contributed by atoms with van der Waals surface area (Å²) in [6.07, 6.45) is -1.98. The van der Waals surface area contributed by atoms with E-state index in [0.29, 0.717) is 45.2 Å². The minimum atomic E-state index is -1.58. The highest BCUT2D eigenvalue weighted by Crippen LogP contribution is 2.55. The molecule has 1 aliphatic carbocycles. The largest absolute Gasteiger partial charge is 0.493 e. The Labute approximate surface area is 268 Å². The number of halogens is 2. The number of ether oxygens (including phenoxy) is 2. The van der Waals surface area contributed by atoms with E-state index in [9.17, 15) is 38.8 Å². The van der Waals surface area contributed by atoms with Crippen LogP contribution in [0.15, 0.2) is 12.1 Å². The first-order valence-electron chi connectivity index (χ1n) is 16.3. The smallest absolute Gasteiger partial charge is 0.410 e. The molecule has 0 aromatic heterocycles. The third kappa shape index (κ3) is 8.84. The number of likely N-dealkylation sites (tertiary alicyclic amines) is 2. The van der Waals surface area contributed by atoms with Crippen LogP contribution in [0, 0.1) is 28.9 Å². The molecule has 3 aliphatic rings. The Balaban J connectivity index is 1.15. The van der Waals surface area contributed by atoms with E-state index >= 15 is 0 Å². The number of piperidine rings is 1. The molecule has 46 heavy (non-hydrogen) atoms. The van der Waals surface area contributed by atoms with E-state index in [4.69, 9.17) is 15.2 Å². The highest BCUT2D eigenvalue weighted by molar-refractivity contribution is 5.79. The molecule has 2 saturated heterocycles. The fraction of sp³-hybridized carbons (Fsp3) is 0.750. The van der Waals surface area contributed by atoms with Crippen molar-refractivity contribution in [2.24, 2.45) is 23.0 Å². The summed E-state index contributed by atoms with van der Waals surface area (Å²) < 4.78 is 40.8. The van der Waals surface area contributed by atoms with Crippen LogP contribution in [-0.4, -0.2) is 125 Å². The third-order valence-electron chi connectivity index (χ3n) is 9.86. The number of benzene rings is 1. The van der Waals surface area contributed by atoms with Crippen LogP contribution in [0.5, 0.6) is 5.75 Å². The first kappa shape index (κ1) is 36.2. The van der Waals surface area contributed by atoms with Gasteiger partial charge in [0, 0.05) is 69.4 Å². The van der Waals surface area contributed by atoms with Crippen molar-refractivity contribution in [3.63, 3.8) is 0 Å². The second-order valence-electron chi connectivity index (χ2n) is 13.4. The molecule has 1 aromatic rings. The zero-order valence-electron chi connectivity index (χ0n) is 26.7. The summed E-state index contributed by atoms with van der Waals surface area (Å²) in [5.41, 5.74) is 5.11. The lowest BCUT2D eigenvalue weighted by Crippen LogP contribution is -2.55. The van der Waals surface area contributed by atoms with Gasteiger partial charge in [-0.1, -0.05) is 0 Å². The summed E-state index contributed by atoms with van der Waals surface area (Å²) in [4.78, 5) is 28.2. The molecular formula is C32H50F2N4O8. The van der Waals surface area contributed by atoms with Gasteiger partial charge in [0.05, 0.1) is 31.3 Å². The molecule has 0 bridgehead atoms. The molecule has 2 aliphatic heterocycles. The summed E-state index contributed by atoms with van der Waals surface area (Å²) in [6.45, 7) is 6.14. The summed E-state index contributed by atoms with van der Waals surface area (Å²) in [6, 6.07) is 2.24. The Bertz CT molecular complexity index is 1160. The Kier molecular flexibility index (Phi) is 12.6. The van der Waals surface area contributed by atoms with E-state index in [1.807, 2.05) is 13.8 Å². The molecule has 7 N–H and O–H groups in total. The topological polar surface area (TPSA) is 178 Å². The molecule has 1 aromatic carbocycles. The van der Waals surface area contributed by atoms with E-state index in [-0.39, 0.29) is 47.9 Å². The maximum absolute atomic E-state index is 14.9. The number of nitrogens with one attached hydrogen (secondary N) is 1. The van der Waals surface area contributed by atoms with Gasteiger partial charge < -0.3 is 50.8 Å². The molecule has 1 spiro atoms. The molecule has 260 valence electrons. The molecular weight excluding hydrogens is 606 g/mol. The van der Waals surface area contributed by atoms with Gasteiger partial charge in [0.25, 0.3) is 0 Å². The number of hydrogen-bond acceptors (Lipinski definition) is 10. The number of nitrogens with two attached hydrogens (primary N) is 1. The average molecular weight is 657 g/mol. The van der Waals surface area contributed by atoms with E-state index in [1.54, 1.807) is 4.90 Å².